The van der Waals surface area contributed by atoms with Crippen LogP contribution in [0.3, 0.4) is 0 Å². The van der Waals surface area contributed by atoms with Crippen LogP contribution in [-0.2, 0) is 15.8 Å². The number of alkyl halides is 3. The van der Waals surface area contributed by atoms with Crippen LogP contribution in [0.5, 0.6) is 0 Å². The third-order valence-electron chi connectivity index (χ3n) is 4.96. The van der Waals surface area contributed by atoms with Gasteiger partial charge in [-0.2, -0.15) is 13.2 Å². The number of carbonyl (C=O) groups is 2. The van der Waals surface area contributed by atoms with Crippen molar-refractivity contribution in [2.45, 2.75) is 38.3 Å². The van der Waals surface area contributed by atoms with Gasteiger partial charge >= 0.3 is 6.18 Å². The molecule has 2 amide bonds. The summed E-state index contributed by atoms with van der Waals surface area (Å²) in [5, 5.41) is -0.412. The molecule has 1 atom stereocenters. The molecular weight excluding hydrogens is 369 g/mol. The zero-order valence-corrected chi connectivity index (χ0v) is 14.9. The van der Waals surface area contributed by atoms with Crippen molar-refractivity contribution >= 4 is 29.1 Å². The Hall–Kier alpha value is -1.76. The van der Waals surface area contributed by atoms with E-state index in [1.807, 2.05) is 0 Å². The molecule has 2 aliphatic heterocycles. The lowest BCUT2D eigenvalue weighted by Crippen LogP contribution is -2.38. The van der Waals surface area contributed by atoms with Gasteiger partial charge in [0.2, 0.25) is 11.8 Å². The smallest absolute Gasteiger partial charge is 0.342 e. The quantitative estimate of drug-likeness (QED) is 0.764. The predicted octanol–water partition coefficient (Wildman–Crippen LogP) is 4.11. The van der Waals surface area contributed by atoms with E-state index >= 15 is 0 Å². The molecule has 0 aliphatic carbocycles. The van der Waals surface area contributed by atoms with E-state index in [2.05, 4.69) is 0 Å². The molecule has 2 aliphatic rings. The standard InChI is InChI=1S/C18H20ClF3N2O2/c19-15-6-5-13(10-14(15)18(20,21)22)24-11-12(9-16(24)25)17(26)23-7-3-1-2-4-8-23/h5-6,10,12H,1-4,7-9,11H2. The molecule has 1 aromatic carbocycles. The summed E-state index contributed by atoms with van der Waals surface area (Å²) in [6.45, 7) is 1.47. The molecule has 0 bridgehead atoms. The lowest BCUT2D eigenvalue weighted by atomic mass is 10.1. The maximum Gasteiger partial charge on any atom is 0.417 e. The minimum Gasteiger partial charge on any atom is -0.342 e. The van der Waals surface area contributed by atoms with Crippen LogP contribution in [0.25, 0.3) is 0 Å². The van der Waals surface area contributed by atoms with E-state index in [4.69, 9.17) is 11.6 Å². The van der Waals surface area contributed by atoms with Gasteiger partial charge in [-0.25, -0.2) is 0 Å². The first kappa shape index (κ1) is 19.0. The number of hydrogen-bond acceptors (Lipinski definition) is 2. The van der Waals surface area contributed by atoms with Crippen LogP contribution < -0.4 is 4.90 Å². The highest BCUT2D eigenvalue weighted by atomic mass is 35.5. The zero-order chi connectivity index (χ0) is 18.9. The molecule has 1 aromatic rings. The van der Waals surface area contributed by atoms with Gasteiger partial charge in [-0.05, 0) is 31.0 Å². The Morgan fingerprint density at radius 3 is 2.38 bits per heavy atom. The first-order valence-corrected chi connectivity index (χ1v) is 9.11. The zero-order valence-electron chi connectivity index (χ0n) is 14.2. The first-order chi connectivity index (χ1) is 12.3. The monoisotopic (exact) mass is 388 g/mol. The van der Waals surface area contributed by atoms with Gasteiger partial charge in [0.05, 0.1) is 16.5 Å². The van der Waals surface area contributed by atoms with Crippen molar-refractivity contribution in [1.29, 1.82) is 0 Å². The van der Waals surface area contributed by atoms with Crippen molar-refractivity contribution in [2.75, 3.05) is 24.5 Å². The minimum absolute atomic E-state index is 0.0271. The molecule has 0 spiro atoms. The topological polar surface area (TPSA) is 40.6 Å². The van der Waals surface area contributed by atoms with E-state index in [1.54, 1.807) is 4.90 Å². The van der Waals surface area contributed by atoms with Crippen molar-refractivity contribution in [2.24, 2.45) is 5.92 Å². The summed E-state index contributed by atoms with van der Waals surface area (Å²) in [5.41, 5.74) is -0.857. The van der Waals surface area contributed by atoms with E-state index in [0.29, 0.717) is 13.1 Å². The maximum absolute atomic E-state index is 13.1. The summed E-state index contributed by atoms with van der Waals surface area (Å²) in [5.74, 6) is -0.924. The third kappa shape index (κ3) is 3.98. The summed E-state index contributed by atoms with van der Waals surface area (Å²) in [6.07, 6.45) is -0.504. The predicted molar refractivity (Wildman–Crippen MR) is 92.0 cm³/mol. The van der Waals surface area contributed by atoms with Gasteiger partial charge in [-0.3, -0.25) is 9.59 Å². The van der Waals surface area contributed by atoms with Crippen LogP contribution in [0.15, 0.2) is 18.2 Å². The van der Waals surface area contributed by atoms with E-state index in [0.717, 1.165) is 37.8 Å². The van der Waals surface area contributed by atoms with Crippen LogP contribution in [-0.4, -0.2) is 36.3 Å². The van der Waals surface area contributed by atoms with Crippen LogP contribution in [0.4, 0.5) is 18.9 Å². The molecule has 2 heterocycles. The third-order valence-corrected chi connectivity index (χ3v) is 5.29. The molecule has 26 heavy (non-hydrogen) atoms. The molecule has 3 rings (SSSR count). The Morgan fingerprint density at radius 2 is 1.77 bits per heavy atom. The highest BCUT2D eigenvalue weighted by Gasteiger charge is 2.39. The normalized spacial score (nSPS) is 21.8. The molecular formula is C18H20ClF3N2O2. The van der Waals surface area contributed by atoms with Gasteiger partial charge in [0.1, 0.15) is 0 Å². The van der Waals surface area contributed by atoms with Crippen molar-refractivity contribution < 1.29 is 22.8 Å². The lowest BCUT2D eigenvalue weighted by Gasteiger charge is -2.24. The van der Waals surface area contributed by atoms with E-state index < -0.39 is 22.7 Å². The highest BCUT2D eigenvalue weighted by Crippen LogP contribution is 2.38. The van der Waals surface area contributed by atoms with E-state index in [9.17, 15) is 22.8 Å². The van der Waals surface area contributed by atoms with Gasteiger partial charge in [-0.15, -0.1) is 0 Å². The van der Waals surface area contributed by atoms with Gasteiger partial charge in [0.15, 0.2) is 0 Å². The summed E-state index contributed by atoms with van der Waals surface area (Å²) in [7, 11) is 0. The summed E-state index contributed by atoms with van der Waals surface area (Å²) >= 11 is 5.64. The van der Waals surface area contributed by atoms with Crippen molar-refractivity contribution in [3.63, 3.8) is 0 Å². The molecule has 0 N–H and O–H groups in total. The average Bonchev–Trinajstić information content (AvgIpc) is 2.80. The molecule has 142 valence electrons. The number of likely N-dealkylation sites (tertiary alicyclic amines) is 1. The fraction of sp³-hybridized carbons (Fsp3) is 0.556. The minimum atomic E-state index is -4.60. The Labute approximate surface area is 154 Å². The fourth-order valence-corrected chi connectivity index (χ4v) is 3.79. The van der Waals surface area contributed by atoms with Gasteiger partial charge in [-0.1, -0.05) is 24.4 Å². The second-order valence-corrected chi connectivity index (χ2v) is 7.21. The van der Waals surface area contributed by atoms with Crippen molar-refractivity contribution in [3.8, 4) is 0 Å². The highest BCUT2D eigenvalue weighted by molar-refractivity contribution is 6.31. The Kier molecular flexibility index (Phi) is 5.46. The number of rotatable bonds is 2. The van der Waals surface area contributed by atoms with Gasteiger partial charge < -0.3 is 9.80 Å². The number of anilines is 1. The first-order valence-electron chi connectivity index (χ1n) is 8.73. The molecule has 2 fully saturated rings. The van der Waals surface area contributed by atoms with Gasteiger partial charge in [0, 0.05) is 31.7 Å². The van der Waals surface area contributed by atoms with Crippen LogP contribution in [0.2, 0.25) is 5.02 Å². The Bertz CT molecular complexity index is 700. The number of benzene rings is 1. The number of carbonyl (C=O) groups excluding carboxylic acids is 2. The molecule has 0 saturated carbocycles. The van der Waals surface area contributed by atoms with E-state index in [1.165, 1.54) is 11.0 Å². The molecule has 8 heteroatoms. The van der Waals surface area contributed by atoms with Crippen LogP contribution >= 0.6 is 11.6 Å². The largest absolute Gasteiger partial charge is 0.417 e. The molecule has 1 unspecified atom stereocenters. The Morgan fingerprint density at radius 1 is 1.12 bits per heavy atom. The fourth-order valence-electron chi connectivity index (χ4n) is 3.57. The number of amides is 2. The van der Waals surface area contributed by atoms with Gasteiger partial charge in [0.25, 0.3) is 0 Å². The summed E-state index contributed by atoms with van der Waals surface area (Å²) in [4.78, 5) is 28.1. The maximum atomic E-state index is 13.1. The average molecular weight is 389 g/mol. The number of nitrogens with zero attached hydrogens (tertiary/aromatic N) is 2. The second-order valence-electron chi connectivity index (χ2n) is 6.81. The van der Waals surface area contributed by atoms with Crippen LogP contribution in [0, 0.1) is 5.92 Å². The summed E-state index contributed by atoms with van der Waals surface area (Å²) < 4.78 is 39.2. The molecule has 4 nitrogen and oxygen atoms in total. The molecule has 0 aromatic heterocycles. The second kappa shape index (κ2) is 7.47. The Balaban J connectivity index is 1.76. The molecule has 0 radical (unpaired) electrons. The SMILES string of the molecule is O=C(C1CC(=O)N(c2ccc(Cl)c(C(F)(F)F)c2)C1)N1CCCCCC1. The lowest BCUT2D eigenvalue weighted by molar-refractivity contribution is -0.137. The van der Waals surface area contributed by atoms with E-state index in [-0.39, 0.29) is 30.5 Å². The van der Waals surface area contributed by atoms with Crippen LogP contribution in [0.1, 0.15) is 37.7 Å². The van der Waals surface area contributed by atoms with Crippen molar-refractivity contribution in [3.05, 3.63) is 28.8 Å². The van der Waals surface area contributed by atoms with Crippen molar-refractivity contribution in [1.82, 2.24) is 4.90 Å². The number of hydrogen-bond donors (Lipinski definition) is 0. The summed E-state index contributed by atoms with van der Waals surface area (Å²) in [6, 6.07) is 3.39. The molecule has 2 saturated heterocycles. The number of halogens is 4.